The summed E-state index contributed by atoms with van der Waals surface area (Å²) in [6.07, 6.45) is 0. The average Bonchev–Trinajstić information content (AvgIpc) is 2.58. The second-order valence-corrected chi connectivity index (χ2v) is 6.39. The number of nitro benzene ring substituents is 1. The summed E-state index contributed by atoms with van der Waals surface area (Å²) in [7, 11) is 1.65. The van der Waals surface area contributed by atoms with E-state index in [-0.39, 0.29) is 30.6 Å². The van der Waals surface area contributed by atoms with Gasteiger partial charge in [0.15, 0.2) is 0 Å². The fourth-order valence-electron chi connectivity index (χ4n) is 2.43. The molecule has 0 radical (unpaired) electrons. The summed E-state index contributed by atoms with van der Waals surface area (Å²) in [5, 5.41) is 16.3. The Morgan fingerprint density at radius 2 is 1.59 bits per heavy atom. The molecule has 2 rings (SSSR count). The minimum Gasteiger partial charge on any atom is -0.325 e. The van der Waals surface area contributed by atoms with E-state index < -0.39 is 4.92 Å². The predicted molar refractivity (Wildman–Crippen MR) is 104 cm³/mol. The van der Waals surface area contributed by atoms with Crippen molar-refractivity contribution in [2.24, 2.45) is 0 Å². The molecule has 0 aliphatic carbocycles. The molecule has 0 spiro atoms. The number of likely N-dealkylation sites (N-methyl/N-ethyl adjacent to an activating group) is 1. The number of amides is 2. The van der Waals surface area contributed by atoms with Gasteiger partial charge in [0.1, 0.15) is 0 Å². The van der Waals surface area contributed by atoms with E-state index in [4.69, 9.17) is 0 Å². The topological polar surface area (TPSA) is 105 Å². The number of benzene rings is 2. The van der Waals surface area contributed by atoms with Gasteiger partial charge < -0.3 is 10.6 Å². The molecule has 0 unspecified atom stereocenters. The predicted octanol–water partition coefficient (Wildman–Crippen LogP) is 2.72. The first-order chi connectivity index (χ1) is 12.7. The lowest BCUT2D eigenvalue weighted by Gasteiger charge is -2.16. The number of nitro groups is 1. The summed E-state index contributed by atoms with van der Waals surface area (Å²) in [6.45, 7) is 3.72. The third-order valence-electron chi connectivity index (χ3n) is 3.87. The summed E-state index contributed by atoms with van der Waals surface area (Å²) in [5.74, 6) is -0.593. The normalized spacial score (nSPS) is 10.5. The molecule has 142 valence electrons. The zero-order chi connectivity index (χ0) is 20.0. The molecule has 2 aromatic rings. The van der Waals surface area contributed by atoms with Gasteiger partial charge in [-0.2, -0.15) is 0 Å². The number of aryl methyl sites for hydroxylation is 2. The number of carbonyl (C=O) groups is 2. The number of hydrogen-bond donors (Lipinski definition) is 2. The van der Waals surface area contributed by atoms with Crippen LogP contribution in [0.5, 0.6) is 0 Å². The molecule has 0 aliphatic rings. The minimum atomic E-state index is -0.517. The van der Waals surface area contributed by atoms with Gasteiger partial charge >= 0.3 is 0 Å². The second kappa shape index (κ2) is 8.91. The number of rotatable bonds is 7. The number of carbonyl (C=O) groups excluding carboxylic acids is 2. The van der Waals surface area contributed by atoms with Gasteiger partial charge in [0.25, 0.3) is 5.69 Å². The highest BCUT2D eigenvalue weighted by molar-refractivity contribution is 5.95. The molecular weight excluding hydrogens is 348 g/mol. The van der Waals surface area contributed by atoms with Gasteiger partial charge in [-0.1, -0.05) is 23.8 Å². The number of hydrogen-bond acceptors (Lipinski definition) is 5. The Morgan fingerprint density at radius 3 is 2.19 bits per heavy atom. The summed E-state index contributed by atoms with van der Waals surface area (Å²) in [6, 6.07) is 11.7. The highest BCUT2D eigenvalue weighted by Gasteiger charge is 2.14. The van der Waals surface area contributed by atoms with Gasteiger partial charge in [0.2, 0.25) is 11.8 Å². The Hall–Kier alpha value is -3.26. The standard InChI is InChI=1S/C19H22N4O4/c1-13-4-7-15(8-5-13)20-18(24)11-22(3)12-19(25)21-17-10-16(23(26)27)9-6-14(17)2/h4-10H,11-12H2,1-3H3,(H,20,24)(H,21,25). The van der Waals surface area contributed by atoms with Crippen molar-refractivity contribution in [1.29, 1.82) is 0 Å². The maximum Gasteiger partial charge on any atom is 0.271 e. The SMILES string of the molecule is Cc1ccc(NC(=O)CN(C)CC(=O)Nc2cc([N+](=O)[O-])ccc2C)cc1. The quantitative estimate of drug-likeness (QED) is 0.576. The first-order valence-corrected chi connectivity index (χ1v) is 8.34. The van der Waals surface area contributed by atoms with E-state index >= 15 is 0 Å². The van der Waals surface area contributed by atoms with E-state index in [0.29, 0.717) is 16.9 Å². The van der Waals surface area contributed by atoms with Crippen LogP contribution < -0.4 is 10.6 Å². The van der Waals surface area contributed by atoms with Crippen molar-refractivity contribution >= 4 is 28.9 Å². The maximum absolute atomic E-state index is 12.2. The Balaban J connectivity index is 1.88. The van der Waals surface area contributed by atoms with Crippen molar-refractivity contribution in [2.45, 2.75) is 13.8 Å². The average molecular weight is 370 g/mol. The van der Waals surface area contributed by atoms with Gasteiger partial charge in [-0.05, 0) is 38.6 Å². The lowest BCUT2D eigenvalue weighted by Crippen LogP contribution is -2.36. The first-order valence-electron chi connectivity index (χ1n) is 8.34. The van der Waals surface area contributed by atoms with E-state index in [1.165, 1.54) is 12.1 Å². The van der Waals surface area contributed by atoms with Gasteiger partial charge in [0.05, 0.1) is 23.7 Å². The zero-order valence-corrected chi connectivity index (χ0v) is 15.5. The third kappa shape index (κ3) is 6.19. The number of nitrogens with one attached hydrogen (secondary N) is 2. The van der Waals surface area contributed by atoms with Crippen LogP contribution in [0.1, 0.15) is 11.1 Å². The highest BCUT2D eigenvalue weighted by Crippen LogP contribution is 2.21. The van der Waals surface area contributed by atoms with Crippen LogP contribution in [0.15, 0.2) is 42.5 Å². The lowest BCUT2D eigenvalue weighted by atomic mass is 10.2. The van der Waals surface area contributed by atoms with Gasteiger partial charge in [0, 0.05) is 17.8 Å². The Morgan fingerprint density at radius 1 is 1.00 bits per heavy atom. The van der Waals surface area contributed by atoms with Crippen molar-refractivity contribution in [3.8, 4) is 0 Å². The first kappa shape index (κ1) is 20.1. The second-order valence-electron chi connectivity index (χ2n) is 6.39. The van der Waals surface area contributed by atoms with Crippen molar-refractivity contribution in [3.05, 3.63) is 63.7 Å². The van der Waals surface area contributed by atoms with Crippen molar-refractivity contribution in [3.63, 3.8) is 0 Å². The molecular formula is C19H22N4O4. The molecule has 8 heteroatoms. The van der Waals surface area contributed by atoms with E-state index in [0.717, 1.165) is 5.56 Å². The molecule has 27 heavy (non-hydrogen) atoms. The van der Waals surface area contributed by atoms with E-state index in [1.54, 1.807) is 24.9 Å². The summed E-state index contributed by atoms with van der Waals surface area (Å²) in [5.41, 5.74) is 2.79. The Bertz CT molecular complexity index is 849. The number of anilines is 2. The fraction of sp³-hybridized carbons (Fsp3) is 0.263. The molecule has 2 N–H and O–H groups in total. The van der Waals surface area contributed by atoms with Gasteiger partial charge in [-0.25, -0.2) is 0 Å². The minimum absolute atomic E-state index is 0.0244. The van der Waals surface area contributed by atoms with Crippen LogP contribution >= 0.6 is 0 Å². The number of non-ortho nitro benzene ring substituents is 1. The molecule has 0 saturated carbocycles. The van der Waals surface area contributed by atoms with Crippen molar-refractivity contribution < 1.29 is 14.5 Å². The molecule has 0 bridgehead atoms. The van der Waals surface area contributed by atoms with E-state index in [9.17, 15) is 19.7 Å². The van der Waals surface area contributed by atoms with E-state index in [2.05, 4.69) is 10.6 Å². The third-order valence-corrected chi connectivity index (χ3v) is 3.87. The Labute approximate surface area is 157 Å². The molecule has 0 aliphatic heterocycles. The Kier molecular flexibility index (Phi) is 6.62. The molecule has 0 aromatic heterocycles. The molecule has 0 saturated heterocycles. The smallest absolute Gasteiger partial charge is 0.271 e. The fourth-order valence-corrected chi connectivity index (χ4v) is 2.43. The largest absolute Gasteiger partial charge is 0.325 e. The van der Waals surface area contributed by atoms with Crippen LogP contribution in [-0.2, 0) is 9.59 Å². The lowest BCUT2D eigenvalue weighted by molar-refractivity contribution is -0.384. The number of nitrogens with zero attached hydrogens (tertiary/aromatic N) is 2. The molecule has 8 nitrogen and oxygen atoms in total. The molecule has 0 fully saturated rings. The summed E-state index contributed by atoms with van der Waals surface area (Å²) < 4.78 is 0. The van der Waals surface area contributed by atoms with Crippen molar-refractivity contribution in [1.82, 2.24) is 4.90 Å². The van der Waals surface area contributed by atoms with Crippen LogP contribution in [-0.4, -0.2) is 41.8 Å². The van der Waals surface area contributed by atoms with Crippen LogP contribution in [0, 0.1) is 24.0 Å². The van der Waals surface area contributed by atoms with Crippen molar-refractivity contribution in [2.75, 3.05) is 30.8 Å². The van der Waals surface area contributed by atoms with Crippen LogP contribution in [0.4, 0.5) is 17.1 Å². The summed E-state index contributed by atoms with van der Waals surface area (Å²) >= 11 is 0. The summed E-state index contributed by atoms with van der Waals surface area (Å²) in [4.78, 5) is 36.1. The molecule has 2 aromatic carbocycles. The molecule has 0 atom stereocenters. The van der Waals surface area contributed by atoms with E-state index in [1.807, 2.05) is 31.2 Å². The molecule has 2 amide bonds. The monoisotopic (exact) mass is 370 g/mol. The molecule has 0 heterocycles. The maximum atomic E-state index is 12.2. The van der Waals surface area contributed by atoms with Crippen LogP contribution in [0.2, 0.25) is 0 Å². The van der Waals surface area contributed by atoms with Crippen LogP contribution in [0.3, 0.4) is 0 Å². The highest BCUT2D eigenvalue weighted by atomic mass is 16.6. The zero-order valence-electron chi connectivity index (χ0n) is 15.5. The van der Waals surface area contributed by atoms with Crippen LogP contribution in [0.25, 0.3) is 0 Å². The van der Waals surface area contributed by atoms with Gasteiger partial charge in [-0.3, -0.25) is 24.6 Å². The van der Waals surface area contributed by atoms with Gasteiger partial charge in [-0.15, -0.1) is 0 Å².